The molecule has 0 aromatic heterocycles. The van der Waals surface area contributed by atoms with E-state index in [0.717, 1.165) is 24.3 Å². The number of nitrogens with one attached hydrogen (secondary N) is 3. The lowest BCUT2D eigenvalue weighted by Gasteiger charge is -2.13. The summed E-state index contributed by atoms with van der Waals surface area (Å²) in [4.78, 5) is 12.5. The van der Waals surface area contributed by atoms with Gasteiger partial charge in [-0.3, -0.25) is 14.2 Å². The second kappa shape index (κ2) is 11.2. The van der Waals surface area contributed by atoms with E-state index in [-0.39, 0.29) is 32.4 Å². The van der Waals surface area contributed by atoms with E-state index in [2.05, 4.69) is 14.8 Å². The van der Waals surface area contributed by atoms with E-state index in [0.29, 0.717) is 6.07 Å². The molecule has 0 unspecified atom stereocenters. The fraction of sp³-hybridized carbons (Fsp3) is 0.0385. The highest BCUT2D eigenvalue weighted by Gasteiger charge is 2.33. The Morgan fingerprint density at radius 1 is 0.650 bits per heavy atom. The molecule has 0 bridgehead atoms. The maximum Gasteiger partial charge on any atom is 0.417 e. The maximum absolute atomic E-state index is 13.1. The predicted molar refractivity (Wildman–Crippen MR) is 145 cm³/mol. The Morgan fingerprint density at radius 2 is 1.20 bits per heavy atom. The highest BCUT2D eigenvalue weighted by Crippen LogP contribution is 2.36. The van der Waals surface area contributed by atoms with E-state index in [1.807, 2.05) is 0 Å². The van der Waals surface area contributed by atoms with Crippen molar-refractivity contribution in [2.24, 2.45) is 0 Å². The molecular formula is C26H19ClF3N3O5S2. The lowest BCUT2D eigenvalue weighted by atomic mass is 10.2. The number of benzene rings is 4. The zero-order valence-corrected chi connectivity index (χ0v) is 22.5. The SMILES string of the molecule is O=C(Nc1ccc(S(=O)(=O)Nc2ccc(Cl)c(C(F)(F)F)c2)cc1)c1cccc(NS(=O)(=O)c2ccccc2)c1. The molecule has 0 saturated carbocycles. The number of carbonyl (C=O) groups is 1. The van der Waals surface area contributed by atoms with Crippen molar-refractivity contribution in [2.45, 2.75) is 16.0 Å². The number of sulfonamides is 2. The highest BCUT2D eigenvalue weighted by molar-refractivity contribution is 7.93. The summed E-state index contributed by atoms with van der Waals surface area (Å²) in [6.07, 6.45) is -4.77. The minimum Gasteiger partial charge on any atom is -0.322 e. The summed E-state index contributed by atoms with van der Waals surface area (Å²) >= 11 is 5.57. The van der Waals surface area contributed by atoms with Crippen molar-refractivity contribution in [2.75, 3.05) is 14.8 Å². The Hall–Kier alpha value is -4.07. The summed E-state index contributed by atoms with van der Waals surface area (Å²) in [5.41, 5.74) is -1.04. The summed E-state index contributed by atoms with van der Waals surface area (Å²) in [5.74, 6) is -0.602. The predicted octanol–water partition coefficient (Wildman–Crippen LogP) is 6.21. The molecule has 0 aliphatic rings. The number of anilines is 3. The van der Waals surface area contributed by atoms with E-state index < -0.39 is 42.7 Å². The van der Waals surface area contributed by atoms with E-state index in [9.17, 15) is 34.8 Å². The molecule has 0 fully saturated rings. The van der Waals surface area contributed by atoms with Crippen LogP contribution in [-0.4, -0.2) is 22.7 Å². The average molecular weight is 610 g/mol. The van der Waals surface area contributed by atoms with Crippen molar-refractivity contribution in [3.8, 4) is 0 Å². The van der Waals surface area contributed by atoms with Crippen molar-refractivity contribution < 1.29 is 34.8 Å². The molecule has 0 radical (unpaired) electrons. The molecule has 4 aromatic rings. The minimum absolute atomic E-state index is 0.0474. The Morgan fingerprint density at radius 3 is 1.80 bits per heavy atom. The van der Waals surface area contributed by atoms with Gasteiger partial charge >= 0.3 is 6.18 Å². The molecule has 0 aliphatic carbocycles. The smallest absolute Gasteiger partial charge is 0.322 e. The van der Waals surface area contributed by atoms with E-state index >= 15 is 0 Å². The van der Waals surface area contributed by atoms with Crippen molar-refractivity contribution >= 4 is 54.6 Å². The van der Waals surface area contributed by atoms with Gasteiger partial charge in [0.25, 0.3) is 26.0 Å². The first kappa shape index (κ1) is 28.9. The molecule has 0 atom stereocenters. The van der Waals surface area contributed by atoms with Crippen molar-refractivity contribution in [3.63, 3.8) is 0 Å². The number of halogens is 4. The first-order valence-electron chi connectivity index (χ1n) is 11.2. The largest absolute Gasteiger partial charge is 0.417 e. The van der Waals surface area contributed by atoms with Crippen LogP contribution in [0.25, 0.3) is 0 Å². The van der Waals surface area contributed by atoms with Crippen LogP contribution >= 0.6 is 11.6 Å². The number of hydrogen-bond acceptors (Lipinski definition) is 5. The molecule has 8 nitrogen and oxygen atoms in total. The van der Waals surface area contributed by atoms with Crippen molar-refractivity contribution in [1.29, 1.82) is 0 Å². The third kappa shape index (κ3) is 6.92. The molecule has 0 saturated heterocycles. The van der Waals surface area contributed by atoms with Gasteiger partial charge in [-0.15, -0.1) is 0 Å². The zero-order chi connectivity index (χ0) is 29.1. The molecule has 40 heavy (non-hydrogen) atoms. The van der Waals surface area contributed by atoms with E-state index in [1.54, 1.807) is 18.2 Å². The Labute approximate surface area is 232 Å². The Balaban J connectivity index is 1.45. The van der Waals surface area contributed by atoms with Crippen LogP contribution in [0.2, 0.25) is 5.02 Å². The van der Waals surface area contributed by atoms with Gasteiger partial charge in [0.15, 0.2) is 0 Å². The monoisotopic (exact) mass is 609 g/mol. The van der Waals surface area contributed by atoms with Crippen molar-refractivity contribution in [1.82, 2.24) is 0 Å². The molecule has 4 rings (SSSR count). The van der Waals surface area contributed by atoms with E-state index in [1.165, 1.54) is 48.5 Å². The highest BCUT2D eigenvalue weighted by atomic mass is 35.5. The summed E-state index contributed by atoms with van der Waals surface area (Å²) in [6.45, 7) is 0. The summed E-state index contributed by atoms with van der Waals surface area (Å²) in [6, 6.07) is 20.9. The van der Waals surface area contributed by atoms with Crippen LogP contribution in [0.1, 0.15) is 15.9 Å². The fourth-order valence-corrected chi connectivity index (χ4v) is 5.82. The molecule has 208 valence electrons. The molecule has 3 N–H and O–H groups in total. The molecule has 14 heteroatoms. The van der Waals surface area contributed by atoms with Crippen LogP contribution in [0.4, 0.5) is 30.2 Å². The van der Waals surface area contributed by atoms with Gasteiger partial charge in [-0.25, -0.2) is 16.8 Å². The average Bonchev–Trinajstić information content (AvgIpc) is 2.90. The molecule has 0 heterocycles. The number of amides is 1. The van der Waals surface area contributed by atoms with Gasteiger partial charge in [-0.1, -0.05) is 35.9 Å². The van der Waals surface area contributed by atoms with Crippen LogP contribution < -0.4 is 14.8 Å². The van der Waals surface area contributed by atoms with Gasteiger partial charge in [0.1, 0.15) is 0 Å². The number of alkyl halides is 3. The van der Waals surface area contributed by atoms with E-state index in [4.69, 9.17) is 11.6 Å². The third-order valence-electron chi connectivity index (χ3n) is 5.38. The molecule has 1 amide bonds. The first-order chi connectivity index (χ1) is 18.7. The molecular weight excluding hydrogens is 591 g/mol. The topological polar surface area (TPSA) is 121 Å². The summed E-state index contributed by atoms with van der Waals surface area (Å²) < 4.78 is 94.2. The molecule has 0 spiro atoms. The second-order valence-electron chi connectivity index (χ2n) is 8.28. The number of rotatable bonds is 8. The van der Waals surface area contributed by atoms with Gasteiger partial charge in [0, 0.05) is 22.6 Å². The van der Waals surface area contributed by atoms with Crippen LogP contribution in [0.5, 0.6) is 0 Å². The molecule has 4 aromatic carbocycles. The van der Waals surface area contributed by atoms with Gasteiger partial charge in [-0.2, -0.15) is 13.2 Å². The second-order valence-corrected chi connectivity index (χ2v) is 12.0. The Kier molecular flexibility index (Phi) is 8.10. The number of carbonyl (C=O) groups excluding carboxylic acids is 1. The van der Waals surface area contributed by atoms with Crippen LogP contribution in [0.3, 0.4) is 0 Å². The van der Waals surface area contributed by atoms with Gasteiger partial charge in [-0.05, 0) is 72.8 Å². The lowest BCUT2D eigenvalue weighted by molar-refractivity contribution is -0.137. The fourth-order valence-electron chi connectivity index (χ4n) is 3.48. The standard InChI is InChI=1S/C26H19ClF3N3O5S2/c27-24-14-11-20(16-23(24)26(28,29)30)33-40(37,38)22-12-9-18(10-13-22)31-25(34)17-5-4-6-19(15-17)32-39(35,36)21-7-2-1-3-8-21/h1-16,32-33H,(H,31,34). The minimum atomic E-state index is -4.77. The van der Waals surface area contributed by atoms with Crippen LogP contribution in [0.15, 0.2) is 107 Å². The quantitative estimate of drug-likeness (QED) is 0.219. The summed E-state index contributed by atoms with van der Waals surface area (Å²) in [7, 11) is -8.14. The normalized spacial score (nSPS) is 12.0. The third-order valence-corrected chi connectivity index (χ3v) is 8.50. The summed E-state index contributed by atoms with van der Waals surface area (Å²) in [5, 5.41) is 1.99. The Bertz CT molecular complexity index is 1770. The van der Waals surface area contributed by atoms with Gasteiger partial charge < -0.3 is 5.32 Å². The maximum atomic E-state index is 13.1. The lowest BCUT2D eigenvalue weighted by Crippen LogP contribution is -2.16. The van der Waals surface area contributed by atoms with Gasteiger partial charge in [0.2, 0.25) is 0 Å². The molecule has 0 aliphatic heterocycles. The zero-order valence-electron chi connectivity index (χ0n) is 20.1. The van der Waals surface area contributed by atoms with Crippen LogP contribution in [0, 0.1) is 0 Å². The van der Waals surface area contributed by atoms with Crippen LogP contribution in [-0.2, 0) is 26.2 Å². The first-order valence-corrected chi connectivity index (χ1v) is 14.6. The van der Waals surface area contributed by atoms with Crippen molar-refractivity contribution in [3.05, 3.63) is 113 Å². The van der Waals surface area contributed by atoms with Gasteiger partial charge in [0.05, 0.1) is 20.4 Å². The number of hydrogen-bond donors (Lipinski definition) is 3.